The lowest BCUT2D eigenvalue weighted by atomic mass is 10.2. The molecule has 1 aromatic carbocycles. The molecule has 5 nitrogen and oxygen atoms in total. The standard InChI is InChI=1S/C18H20F2N2O3S/c1-12-8-21-3-4-22(12)18(23)25-10-15-16(19)6-14(7-17(15)20)24-9-13-2-5-26-11-13/h2,5-7,11-12,21H,3-4,8-10H2,1H3. The molecule has 2 aromatic rings. The topological polar surface area (TPSA) is 50.8 Å². The Morgan fingerprint density at radius 1 is 1.35 bits per heavy atom. The van der Waals surface area contributed by atoms with Crippen LogP contribution in [0, 0.1) is 11.6 Å². The predicted octanol–water partition coefficient (Wildman–Crippen LogP) is 3.54. The fourth-order valence-corrected chi connectivity index (χ4v) is 3.32. The van der Waals surface area contributed by atoms with Crippen molar-refractivity contribution in [1.29, 1.82) is 0 Å². The third-order valence-electron chi connectivity index (χ3n) is 4.18. The quantitative estimate of drug-likeness (QED) is 0.860. The number of amides is 1. The molecule has 1 fully saturated rings. The van der Waals surface area contributed by atoms with Gasteiger partial charge in [0.1, 0.15) is 30.6 Å². The van der Waals surface area contributed by atoms with Gasteiger partial charge in [-0.2, -0.15) is 11.3 Å². The molecule has 3 rings (SSSR count). The molecule has 8 heteroatoms. The number of nitrogens with zero attached hydrogens (tertiary/aromatic N) is 1. The summed E-state index contributed by atoms with van der Waals surface area (Å²) >= 11 is 1.52. The highest BCUT2D eigenvalue weighted by atomic mass is 32.1. The van der Waals surface area contributed by atoms with Crippen molar-refractivity contribution in [3.63, 3.8) is 0 Å². The second-order valence-corrected chi connectivity index (χ2v) is 6.87. The van der Waals surface area contributed by atoms with Gasteiger partial charge in [-0.1, -0.05) is 0 Å². The van der Waals surface area contributed by atoms with Crippen LogP contribution in [-0.4, -0.2) is 36.7 Å². The van der Waals surface area contributed by atoms with E-state index in [0.717, 1.165) is 17.7 Å². The van der Waals surface area contributed by atoms with Crippen LogP contribution in [0.1, 0.15) is 18.1 Å². The van der Waals surface area contributed by atoms with Crippen LogP contribution in [0.5, 0.6) is 5.75 Å². The Hall–Kier alpha value is -2.19. The van der Waals surface area contributed by atoms with Gasteiger partial charge in [0.2, 0.25) is 0 Å². The maximum absolute atomic E-state index is 14.2. The first kappa shape index (κ1) is 18.6. The van der Waals surface area contributed by atoms with Crippen LogP contribution >= 0.6 is 11.3 Å². The Bertz CT molecular complexity index is 732. The lowest BCUT2D eigenvalue weighted by Gasteiger charge is -2.33. The summed E-state index contributed by atoms with van der Waals surface area (Å²) in [5, 5.41) is 6.96. The van der Waals surface area contributed by atoms with Crippen molar-refractivity contribution >= 4 is 17.4 Å². The number of benzene rings is 1. The lowest BCUT2D eigenvalue weighted by Crippen LogP contribution is -2.52. The van der Waals surface area contributed by atoms with Gasteiger partial charge in [-0.15, -0.1) is 0 Å². The number of rotatable bonds is 5. The minimum Gasteiger partial charge on any atom is -0.489 e. The zero-order chi connectivity index (χ0) is 18.5. The number of nitrogens with one attached hydrogen (secondary N) is 1. The van der Waals surface area contributed by atoms with E-state index in [1.807, 2.05) is 23.8 Å². The van der Waals surface area contributed by atoms with Crippen LogP contribution < -0.4 is 10.1 Å². The number of hydrogen-bond donors (Lipinski definition) is 1. The van der Waals surface area contributed by atoms with Crippen molar-refractivity contribution in [3.8, 4) is 5.75 Å². The van der Waals surface area contributed by atoms with Gasteiger partial charge in [0.25, 0.3) is 0 Å². The van der Waals surface area contributed by atoms with Gasteiger partial charge in [-0.25, -0.2) is 13.6 Å². The largest absolute Gasteiger partial charge is 0.489 e. The molecule has 0 bridgehead atoms. The van der Waals surface area contributed by atoms with Crippen LogP contribution in [-0.2, 0) is 18.0 Å². The fraction of sp³-hybridized carbons (Fsp3) is 0.389. The fourth-order valence-electron chi connectivity index (χ4n) is 2.67. The first-order chi connectivity index (χ1) is 12.5. The summed E-state index contributed by atoms with van der Waals surface area (Å²) in [5.74, 6) is -1.50. The van der Waals surface area contributed by atoms with E-state index in [-0.39, 0.29) is 24.0 Å². The van der Waals surface area contributed by atoms with Crippen LogP contribution in [0.15, 0.2) is 29.0 Å². The highest BCUT2D eigenvalue weighted by Gasteiger charge is 2.25. The maximum Gasteiger partial charge on any atom is 0.410 e. The van der Waals surface area contributed by atoms with Crippen molar-refractivity contribution in [1.82, 2.24) is 10.2 Å². The van der Waals surface area contributed by atoms with E-state index in [4.69, 9.17) is 9.47 Å². The van der Waals surface area contributed by atoms with Crippen molar-refractivity contribution < 1.29 is 23.0 Å². The summed E-state index contributed by atoms with van der Waals surface area (Å²) in [7, 11) is 0. The molecule has 0 aliphatic carbocycles. The highest BCUT2D eigenvalue weighted by molar-refractivity contribution is 7.07. The van der Waals surface area contributed by atoms with Crippen LogP contribution in [0.3, 0.4) is 0 Å². The molecule has 0 saturated carbocycles. The molecular formula is C18H20F2N2O3S. The molecule has 1 atom stereocenters. The summed E-state index contributed by atoms with van der Waals surface area (Å²) in [6.07, 6.45) is -0.574. The van der Waals surface area contributed by atoms with E-state index in [9.17, 15) is 13.6 Å². The van der Waals surface area contributed by atoms with E-state index in [0.29, 0.717) is 19.6 Å². The zero-order valence-electron chi connectivity index (χ0n) is 14.3. The van der Waals surface area contributed by atoms with Crippen molar-refractivity contribution in [2.75, 3.05) is 19.6 Å². The number of piperazine rings is 1. The molecule has 1 unspecified atom stereocenters. The van der Waals surface area contributed by atoms with Crippen LogP contribution in [0.2, 0.25) is 0 Å². The molecule has 0 radical (unpaired) electrons. The Balaban J connectivity index is 1.60. The Labute approximate surface area is 154 Å². The number of ether oxygens (including phenoxy) is 2. The van der Waals surface area contributed by atoms with E-state index in [2.05, 4.69) is 5.32 Å². The summed E-state index contributed by atoms with van der Waals surface area (Å²) in [6.45, 7) is 3.48. The van der Waals surface area contributed by atoms with E-state index in [1.54, 1.807) is 4.90 Å². The second-order valence-electron chi connectivity index (χ2n) is 6.09. The minimum atomic E-state index is -0.800. The molecule has 1 N–H and O–H groups in total. The molecule has 0 spiro atoms. The smallest absolute Gasteiger partial charge is 0.410 e. The second kappa shape index (κ2) is 8.46. The molecule has 1 aliphatic heterocycles. The molecule has 1 amide bonds. The average Bonchev–Trinajstić information content (AvgIpc) is 3.13. The van der Waals surface area contributed by atoms with Crippen LogP contribution in [0.4, 0.5) is 13.6 Å². The Morgan fingerprint density at radius 2 is 2.12 bits per heavy atom. The van der Waals surface area contributed by atoms with Gasteiger partial charge in [-0.3, -0.25) is 0 Å². The molecule has 1 aliphatic rings. The van der Waals surface area contributed by atoms with Gasteiger partial charge in [0.15, 0.2) is 0 Å². The Morgan fingerprint density at radius 3 is 2.77 bits per heavy atom. The first-order valence-corrected chi connectivity index (χ1v) is 9.25. The molecule has 26 heavy (non-hydrogen) atoms. The zero-order valence-corrected chi connectivity index (χ0v) is 15.2. The molecule has 140 valence electrons. The third-order valence-corrected chi connectivity index (χ3v) is 4.91. The van der Waals surface area contributed by atoms with E-state index < -0.39 is 24.3 Å². The molecular weight excluding hydrogens is 362 g/mol. The van der Waals surface area contributed by atoms with Gasteiger partial charge >= 0.3 is 6.09 Å². The lowest BCUT2D eigenvalue weighted by molar-refractivity contribution is 0.0744. The SMILES string of the molecule is CC1CNCCN1C(=O)OCc1c(F)cc(OCc2ccsc2)cc1F. The van der Waals surface area contributed by atoms with Gasteiger partial charge in [0.05, 0.1) is 5.56 Å². The summed E-state index contributed by atoms with van der Waals surface area (Å²) < 4.78 is 38.9. The number of carbonyl (C=O) groups excluding carboxylic acids is 1. The Kier molecular flexibility index (Phi) is 6.05. The summed E-state index contributed by atoms with van der Waals surface area (Å²) in [6, 6.07) is 4.05. The molecule has 1 saturated heterocycles. The normalized spacial score (nSPS) is 17.2. The van der Waals surface area contributed by atoms with E-state index >= 15 is 0 Å². The number of hydrogen-bond acceptors (Lipinski definition) is 5. The molecule has 2 heterocycles. The monoisotopic (exact) mass is 382 g/mol. The maximum atomic E-state index is 14.2. The summed E-state index contributed by atoms with van der Waals surface area (Å²) in [4.78, 5) is 13.7. The number of halogens is 2. The van der Waals surface area contributed by atoms with Gasteiger partial charge in [0, 0.05) is 37.8 Å². The predicted molar refractivity (Wildman–Crippen MR) is 94.2 cm³/mol. The molecule has 1 aromatic heterocycles. The minimum absolute atomic E-state index is 0.0289. The number of carbonyl (C=O) groups is 1. The average molecular weight is 382 g/mol. The van der Waals surface area contributed by atoms with Crippen molar-refractivity contribution in [3.05, 3.63) is 51.7 Å². The third kappa shape index (κ3) is 4.50. The number of thiophene rings is 1. The van der Waals surface area contributed by atoms with E-state index in [1.165, 1.54) is 11.3 Å². The van der Waals surface area contributed by atoms with Crippen LogP contribution in [0.25, 0.3) is 0 Å². The first-order valence-electron chi connectivity index (χ1n) is 8.30. The van der Waals surface area contributed by atoms with Crippen molar-refractivity contribution in [2.45, 2.75) is 26.2 Å². The highest BCUT2D eigenvalue weighted by Crippen LogP contribution is 2.23. The summed E-state index contributed by atoms with van der Waals surface area (Å²) in [5.41, 5.74) is 0.642. The van der Waals surface area contributed by atoms with Gasteiger partial charge in [-0.05, 0) is 29.3 Å². The van der Waals surface area contributed by atoms with Gasteiger partial charge < -0.3 is 19.7 Å². The van der Waals surface area contributed by atoms with Crippen molar-refractivity contribution in [2.24, 2.45) is 0 Å².